The van der Waals surface area contributed by atoms with E-state index in [1.165, 1.54) is 30.3 Å². The van der Waals surface area contributed by atoms with Crippen molar-refractivity contribution in [1.82, 2.24) is 4.90 Å². The number of non-ortho nitro benzene ring substituents is 1. The lowest BCUT2D eigenvalue weighted by Gasteiger charge is -2.60. The number of hydrogen-bond acceptors (Lipinski definition) is 10. The van der Waals surface area contributed by atoms with Gasteiger partial charge in [-0.1, -0.05) is 60.5 Å². The molecule has 6 atom stereocenters. The number of amides is 1. The molecule has 3 aliphatic carbocycles. The monoisotopic (exact) mass is 905 g/mol. The lowest BCUT2D eigenvalue weighted by Crippen LogP contribution is -2.70. The van der Waals surface area contributed by atoms with Gasteiger partial charge in [0.05, 0.1) is 23.2 Å². The van der Waals surface area contributed by atoms with Crippen molar-refractivity contribution in [2.24, 2.45) is 28.8 Å². The van der Waals surface area contributed by atoms with Crippen LogP contribution in [0, 0.1) is 45.4 Å². The molecule has 0 spiro atoms. The number of nitro groups is 1. The predicted molar refractivity (Wildman–Crippen MR) is 243 cm³/mol. The number of nitrogens with zero attached hydrogens (tertiary/aromatic N) is 3. The lowest BCUT2D eigenvalue weighted by atomic mass is 9.55. The summed E-state index contributed by atoms with van der Waals surface area (Å²) in [6, 6.07) is 23.5. The molecular formula is C52H57F2N3O9. The van der Waals surface area contributed by atoms with Gasteiger partial charge in [0.2, 0.25) is 11.7 Å². The van der Waals surface area contributed by atoms with Gasteiger partial charge >= 0.3 is 0 Å². The molecule has 4 aromatic carbocycles. The maximum atomic E-state index is 14.8. The molecule has 0 unspecified atom stereocenters. The highest BCUT2D eigenvalue weighted by molar-refractivity contribution is 6.03. The molecule has 14 heteroatoms. The number of carbonyl (C=O) groups is 1. The van der Waals surface area contributed by atoms with E-state index in [2.05, 4.69) is 12.7 Å². The summed E-state index contributed by atoms with van der Waals surface area (Å²) >= 11 is 0. The molecule has 2 saturated carbocycles. The fourth-order valence-electron chi connectivity index (χ4n) is 10.1. The molecule has 2 fully saturated rings. The Kier molecular flexibility index (Phi) is 14.9. The van der Waals surface area contributed by atoms with E-state index in [-0.39, 0.29) is 87.1 Å². The number of rotatable bonds is 22. The van der Waals surface area contributed by atoms with Gasteiger partial charge in [0.25, 0.3) is 5.69 Å². The largest absolute Gasteiger partial charge is 0.489 e. The van der Waals surface area contributed by atoms with Crippen LogP contribution in [0.1, 0.15) is 86.0 Å². The number of hydrogen-bond donors (Lipinski definition) is 2. The van der Waals surface area contributed by atoms with Crippen molar-refractivity contribution < 1.29 is 47.8 Å². The first-order valence-corrected chi connectivity index (χ1v) is 23.0. The van der Waals surface area contributed by atoms with Crippen LogP contribution in [0.2, 0.25) is 0 Å². The van der Waals surface area contributed by atoms with Crippen LogP contribution in [-0.2, 0) is 34.1 Å². The molecule has 0 aromatic heterocycles. The smallest absolute Gasteiger partial charge is 0.269 e. The second kappa shape index (κ2) is 21.1. The third-order valence-electron chi connectivity index (χ3n) is 13.4. The number of aliphatic hydroxyl groups is 2. The van der Waals surface area contributed by atoms with Crippen LogP contribution in [0.15, 0.2) is 120 Å². The summed E-state index contributed by atoms with van der Waals surface area (Å²) in [5.74, 6) is -2.53. The molecule has 0 bridgehead atoms. The first kappa shape index (κ1) is 46.6. The molecule has 1 amide bonds. The molecule has 8 rings (SSSR count). The van der Waals surface area contributed by atoms with Crippen LogP contribution in [-0.4, -0.2) is 63.3 Å². The van der Waals surface area contributed by atoms with Crippen LogP contribution < -0.4 is 9.47 Å². The van der Waals surface area contributed by atoms with Gasteiger partial charge in [-0.05, 0) is 116 Å². The molecule has 0 saturated heterocycles. The number of nitro benzene ring substituents is 1. The topological polar surface area (TPSA) is 153 Å². The number of ether oxygens (including phenoxy) is 3. The molecule has 348 valence electrons. The fourth-order valence-corrected chi connectivity index (χ4v) is 10.1. The van der Waals surface area contributed by atoms with Crippen LogP contribution in [0.25, 0.3) is 0 Å². The summed E-state index contributed by atoms with van der Waals surface area (Å²) in [6.45, 7) is 4.31. The number of benzene rings is 4. The lowest BCUT2D eigenvalue weighted by molar-refractivity contribution is -0.384. The zero-order valence-corrected chi connectivity index (χ0v) is 36.9. The van der Waals surface area contributed by atoms with Gasteiger partial charge in [-0.25, -0.2) is 8.78 Å². The third-order valence-corrected chi connectivity index (χ3v) is 13.4. The van der Waals surface area contributed by atoms with Crippen molar-refractivity contribution in [3.05, 3.63) is 159 Å². The van der Waals surface area contributed by atoms with Crippen LogP contribution >= 0.6 is 0 Å². The number of carbonyl (C=O) groups excluding carboxylic acids is 1. The summed E-state index contributed by atoms with van der Waals surface area (Å²) in [5, 5.41) is 36.2. The second-order valence-corrected chi connectivity index (χ2v) is 17.7. The summed E-state index contributed by atoms with van der Waals surface area (Å²) in [6.07, 6.45) is 9.66. The number of aliphatic hydroxyl groups excluding tert-OH is 2. The Balaban J connectivity index is 1.31. The van der Waals surface area contributed by atoms with Gasteiger partial charge in [-0.3, -0.25) is 14.9 Å². The number of allylic oxidation sites excluding steroid dienone is 1. The number of unbranched alkanes of at least 4 members (excludes halogenated alkanes) is 2. The standard InChI is InChI=1S/C52H57F2N3O9/c1-2-27-64-52-48(56(51(60)36-17-18-36)31-34-13-19-39(53)20-14-34)30-46(55-65-32-35-15-21-40(22-16-35)57(61)62)43-28-37(9-5-7-25-58)42(11-6-8-26-59)49(50(43)52)44-29-41(23-24-47(44)66-52)63-33-38-10-3-4-12-45(38)54/h2-4,10,12-16,19-24,28-29,36-37,42,48-50,58-59H,1,5-9,11,17-18,25-27,30-33H2/t37-,42+,48-,49+,50+,52+/m0/s1. The Morgan fingerprint density at radius 3 is 2.36 bits per heavy atom. The van der Waals surface area contributed by atoms with Crippen molar-refractivity contribution in [3.63, 3.8) is 0 Å². The van der Waals surface area contributed by atoms with Crippen molar-refractivity contribution in [2.75, 3.05) is 19.8 Å². The Morgan fingerprint density at radius 2 is 1.67 bits per heavy atom. The Labute approximate surface area is 383 Å². The van der Waals surface area contributed by atoms with Crippen LogP contribution in [0.5, 0.6) is 11.5 Å². The summed E-state index contributed by atoms with van der Waals surface area (Å²) in [5.41, 5.74) is 4.02. The maximum absolute atomic E-state index is 14.8. The van der Waals surface area contributed by atoms with Crippen molar-refractivity contribution in [3.8, 4) is 11.5 Å². The third kappa shape index (κ3) is 10.2. The van der Waals surface area contributed by atoms with E-state index in [0.717, 1.165) is 55.2 Å². The highest BCUT2D eigenvalue weighted by atomic mass is 19.1. The van der Waals surface area contributed by atoms with E-state index in [1.54, 1.807) is 54.6 Å². The average Bonchev–Trinajstić information content (AvgIpc) is 4.18. The van der Waals surface area contributed by atoms with Gasteiger partial charge < -0.3 is 34.2 Å². The maximum Gasteiger partial charge on any atom is 0.269 e. The molecule has 66 heavy (non-hydrogen) atoms. The first-order chi connectivity index (χ1) is 32.1. The van der Waals surface area contributed by atoms with E-state index in [0.29, 0.717) is 41.2 Å². The van der Waals surface area contributed by atoms with Gasteiger partial charge in [0.15, 0.2) is 0 Å². The van der Waals surface area contributed by atoms with Crippen LogP contribution in [0.4, 0.5) is 14.5 Å². The molecular weight excluding hydrogens is 849 g/mol. The van der Waals surface area contributed by atoms with Gasteiger partial charge in [0.1, 0.15) is 42.4 Å². The highest BCUT2D eigenvalue weighted by Crippen LogP contribution is 2.62. The first-order valence-electron chi connectivity index (χ1n) is 23.0. The Hall–Kier alpha value is -5.96. The van der Waals surface area contributed by atoms with Gasteiger partial charge in [-0.15, -0.1) is 6.58 Å². The average molecular weight is 906 g/mol. The zero-order valence-electron chi connectivity index (χ0n) is 36.9. The number of halogens is 2. The molecule has 4 aromatic rings. The van der Waals surface area contributed by atoms with Crippen molar-refractivity contribution >= 4 is 17.3 Å². The minimum atomic E-state index is -1.51. The second-order valence-electron chi connectivity index (χ2n) is 17.7. The molecule has 2 N–H and O–H groups in total. The van der Waals surface area contributed by atoms with Gasteiger partial charge in [-0.2, -0.15) is 0 Å². The fraction of sp³-hybridized carbons (Fsp3) is 0.423. The quantitative estimate of drug-likeness (QED) is 0.0340. The Bertz CT molecular complexity index is 2410. The Morgan fingerprint density at radius 1 is 0.939 bits per heavy atom. The van der Waals surface area contributed by atoms with E-state index >= 15 is 0 Å². The minimum absolute atomic E-state index is 0.00569. The summed E-state index contributed by atoms with van der Waals surface area (Å²) in [4.78, 5) is 33.7. The summed E-state index contributed by atoms with van der Waals surface area (Å²) in [7, 11) is 0. The van der Waals surface area contributed by atoms with E-state index in [9.17, 15) is 33.9 Å². The highest BCUT2D eigenvalue weighted by Gasteiger charge is 2.66. The van der Waals surface area contributed by atoms with Crippen molar-refractivity contribution in [2.45, 2.75) is 95.3 Å². The predicted octanol–water partition coefficient (Wildman–Crippen LogP) is 9.72. The van der Waals surface area contributed by atoms with E-state index in [1.807, 2.05) is 17.0 Å². The minimum Gasteiger partial charge on any atom is -0.489 e. The number of oxime groups is 1. The molecule has 4 aliphatic rings. The van der Waals surface area contributed by atoms with Gasteiger partial charge in [0, 0.05) is 61.3 Å². The molecule has 12 nitrogen and oxygen atoms in total. The molecule has 1 heterocycles. The van der Waals surface area contributed by atoms with E-state index in [4.69, 9.17) is 24.2 Å². The van der Waals surface area contributed by atoms with Crippen LogP contribution in [0.3, 0.4) is 0 Å². The van der Waals surface area contributed by atoms with Crippen molar-refractivity contribution in [1.29, 1.82) is 0 Å². The molecule has 1 aliphatic heterocycles. The molecule has 0 radical (unpaired) electrons. The zero-order chi connectivity index (χ0) is 46.2. The summed E-state index contributed by atoms with van der Waals surface area (Å²) < 4.78 is 49.9. The normalized spacial score (nSPS) is 23.5. The SMILES string of the molecule is C=CCO[C@@]12Oc3ccc(OCc4ccccc4F)cc3[C@H]3[C@H](CCCCO)[C@@H](CCCCO)C=C(C(=NOCc4ccc([N+](=O)[O-])cc4)C[C@@H]1N(Cc1ccc(F)cc1)C(=O)C1CC1)[C@H]32. The number of fused-ring (bicyclic) bond motifs is 2. The van der Waals surface area contributed by atoms with E-state index < -0.39 is 28.5 Å².